The number of anilines is 1. The summed E-state index contributed by atoms with van der Waals surface area (Å²) in [5.41, 5.74) is 2.71. The molecular formula is C20H22F2N4. The maximum atomic E-state index is 12.8. The van der Waals surface area contributed by atoms with Crippen LogP contribution in [0.1, 0.15) is 25.0 Å². The van der Waals surface area contributed by atoms with Crippen LogP contribution in [0, 0.1) is 0 Å². The van der Waals surface area contributed by atoms with Gasteiger partial charge in [0.05, 0.1) is 0 Å². The Morgan fingerprint density at radius 2 is 1.96 bits per heavy atom. The third-order valence-electron chi connectivity index (χ3n) is 4.94. The molecule has 1 aromatic heterocycles. The number of pyridine rings is 1. The third-order valence-corrected chi connectivity index (χ3v) is 4.94. The minimum atomic E-state index is -2.54. The normalized spacial score (nSPS) is 17.0. The Balaban J connectivity index is 1.72. The lowest BCUT2D eigenvalue weighted by molar-refractivity contribution is 0.146. The maximum Gasteiger partial charge on any atom is 0.280 e. The van der Waals surface area contributed by atoms with Gasteiger partial charge in [-0.05, 0) is 54.9 Å². The van der Waals surface area contributed by atoms with Crippen LogP contribution >= 0.6 is 0 Å². The lowest BCUT2D eigenvalue weighted by atomic mass is 10.0. The highest BCUT2D eigenvalue weighted by atomic mass is 19.3. The summed E-state index contributed by atoms with van der Waals surface area (Å²) in [6, 6.07) is 7.74. The molecule has 2 aromatic rings. The van der Waals surface area contributed by atoms with Crippen molar-refractivity contribution < 1.29 is 8.78 Å². The topological polar surface area (TPSA) is 49.0 Å². The van der Waals surface area contributed by atoms with Gasteiger partial charge in [-0.25, -0.2) is 8.78 Å². The van der Waals surface area contributed by atoms with Crippen LogP contribution in [-0.2, 0) is 0 Å². The Bertz CT molecular complexity index is 887. The molecule has 26 heavy (non-hydrogen) atoms. The first kappa shape index (κ1) is 17.0. The van der Waals surface area contributed by atoms with E-state index in [1.54, 1.807) is 6.07 Å². The van der Waals surface area contributed by atoms with Gasteiger partial charge in [0.25, 0.3) is 6.43 Å². The van der Waals surface area contributed by atoms with Crippen molar-refractivity contribution in [3.05, 3.63) is 46.6 Å². The fourth-order valence-corrected chi connectivity index (χ4v) is 3.51. The monoisotopic (exact) mass is 356 g/mol. The van der Waals surface area contributed by atoms with Crippen LogP contribution < -0.4 is 26.4 Å². The van der Waals surface area contributed by atoms with E-state index in [1.165, 1.54) is 12.3 Å². The van der Waals surface area contributed by atoms with Crippen LogP contribution in [-0.4, -0.2) is 30.7 Å². The summed E-state index contributed by atoms with van der Waals surface area (Å²) >= 11 is 0. The largest absolute Gasteiger partial charge is 0.387 e. The van der Waals surface area contributed by atoms with Gasteiger partial charge in [-0.3, -0.25) is 4.98 Å². The van der Waals surface area contributed by atoms with Gasteiger partial charge in [-0.15, -0.1) is 0 Å². The number of benzene rings is 1. The minimum absolute atomic E-state index is 0.191. The number of hydrogen-bond acceptors (Lipinski definition) is 4. The van der Waals surface area contributed by atoms with Crippen molar-refractivity contribution in [2.75, 3.05) is 25.0 Å². The molecule has 0 unspecified atom stereocenters. The number of rotatable bonds is 4. The fourth-order valence-electron chi connectivity index (χ4n) is 3.51. The standard InChI is InChI=1S/C20H22F2N4/c21-20(22)18-2-1-14(11-25-18)15-9-13-3-6-24-12-17(13)19(10-15)26-16-4-7-23-8-5-16/h1-3,9-12,16,20,23-24,26H,4-8H2. The van der Waals surface area contributed by atoms with Gasteiger partial charge in [0.1, 0.15) is 5.69 Å². The van der Waals surface area contributed by atoms with Crippen LogP contribution in [0.3, 0.4) is 0 Å². The first-order valence-corrected chi connectivity index (χ1v) is 9.00. The number of halogens is 2. The SMILES string of the molecule is FC(F)c1ccc(-c2cc(NC3CCNCC3)c3c(c2)=CCNC=3)cn1. The highest BCUT2D eigenvalue weighted by Gasteiger charge is 2.15. The maximum absolute atomic E-state index is 12.8. The fraction of sp³-hybridized carbons (Fsp3) is 0.350. The first-order chi connectivity index (χ1) is 12.7. The zero-order chi connectivity index (χ0) is 17.9. The highest BCUT2D eigenvalue weighted by molar-refractivity contribution is 5.70. The third kappa shape index (κ3) is 3.55. The van der Waals surface area contributed by atoms with Crippen molar-refractivity contribution in [3.8, 4) is 11.1 Å². The van der Waals surface area contributed by atoms with Crippen LogP contribution in [0.25, 0.3) is 23.4 Å². The molecule has 0 saturated carbocycles. The molecule has 3 heterocycles. The van der Waals surface area contributed by atoms with Gasteiger partial charge in [0, 0.05) is 41.5 Å². The van der Waals surface area contributed by atoms with Crippen LogP contribution in [0.15, 0.2) is 30.5 Å². The van der Waals surface area contributed by atoms with E-state index in [-0.39, 0.29) is 5.69 Å². The number of fused-ring (bicyclic) bond motifs is 1. The summed E-state index contributed by atoms with van der Waals surface area (Å²) in [4.78, 5) is 3.90. The minimum Gasteiger partial charge on any atom is -0.387 e. The second kappa shape index (κ2) is 7.41. The molecule has 136 valence electrons. The summed E-state index contributed by atoms with van der Waals surface area (Å²) < 4.78 is 25.5. The summed E-state index contributed by atoms with van der Waals surface area (Å²) in [6.45, 7) is 2.82. The number of nitrogens with one attached hydrogen (secondary N) is 3. The van der Waals surface area contributed by atoms with Crippen molar-refractivity contribution in [1.82, 2.24) is 15.6 Å². The summed E-state index contributed by atoms with van der Waals surface area (Å²) in [5, 5.41) is 12.6. The van der Waals surface area contributed by atoms with E-state index in [9.17, 15) is 8.78 Å². The highest BCUT2D eigenvalue weighted by Crippen LogP contribution is 2.23. The Morgan fingerprint density at radius 3 is 2.69 bits per heavy atom. The van der Waals surface area contributed by atoms with Crippen molar-refractivity contribution in [1.29, 1.82) is 0 Å². The summed E-state index contributed by atoms with van der Waals surface area (Å²) in [5.74, 6) is 0. The van der Waals surface area contributed by atoms with E-state index >= 15 is 0 Å². The van der Waals surface area contributed by atoms with E-state index in [0.29, 0.717) is 6.04 Å². The van der Waals surface area contributed by atoms with E-state index in [0.717, 1.165) is 59.7 Å². The zero-order valence-electron chi connectivity index (χ0n) is 14.4. The zero-order valence-corrected chi connectivity index (χ0v) is 14.4. The predicted molar refractivity (Wildman–Crippen MR) is 100 cm³/mol. The van der Waals surface area contributed by atoms with Gasteiger partial charge < -0.3 is 16.0 Å². The van der Waals surface area contributed by atoms with Gasteiger partial charge >= 0.3 is 0 Å². The van der Waals surface area contributed by atoms with Crippen LogP contribution in [0.4, 0.5) is 14.5 Å². The molecule has 1 fully saturated rings. The molecule has 6 heteroatoms. The molecule has 0 bridgehead atoms. The van der Waals surface area contributed by atoms with Crippen LogP contribution in [0.2, 0.25) is 0 Å². The molecule has 1 aromatic carbocycles. The lowest BCUT2D eigenvalue weighted by Gasteiger charge is -2.25. The van der Waals surface area contributed by atoms with Gasteiger partial charge in [-0.2, -0.15) is 0 Å². The smallest absolute Gasteiger partial charge is 0.280 e. The molecule has 0 radical (unpaired) electrons. The summed E-state index contributed by atoms with van der Waals surface area (Å²) in [7, 11) is 0. The van der Waals surface area contributed by atoms with Gasteiger partial charge in [-0.1, -0.05) is 12.1 Å². The molecule has 0 spiro atoms. The van der Waals surface area contributed by atoms with E-state index in [1.807, 2.05) is 6.20 Å². The Labute approximate surface area is 151 Å². The number of hydrogen-bond donors (Lipinski definition) is 3. The summed E-state index contributed by atoms with van der Waals surface area (Å²) in [6.07, 6.45) is 5.34. The van der Waals surface area contributed by atoms with Crippen LogP contribution in [0.5, 0.6) is 0 Å². The van der Waals surface area contributed by atoms with Crippen molar-refractivity contribution in [2.24, 2.45) is 0 Å². The second-order valence-corrected chi connectivity index (χ2v) is 6.72. The number of nitrogens with zero attached hydrogens (tertiary/aromatic N) is 1. The lowest BCUT2D eigenvalue weighted by Crippen LogP contribution is -2.40. The molecule has 3 N–H and O–H groups in total. The molecule has 0 amide bonds. The van der Waals surface area contributed by atoms with Gasteiger partial charge in [0.15, 0.2) is 0 Å². The Hall–Kier alpha value is -2.47. The Kier molecular flexibility index (Phi) is 4.84. The molecule has 0 aliphatic carbocycles. The molecule has 4 nitrogen and oxygen atoms in total. The molecule has 2 aliphatic rings. The molecule has 0 atom stereocenters. The first-order valence-electron chi connectivity index (χ1n) is 9.00. The molecular weight excluding hydrogens is 334 g/mol. The van der Waals surface area contributed by atoms with Crippen molar-refractivity contribution in [2.45, 2.75) is 25.3 Å². The van der Waals surface area contributed by atoms with E-state index in [2.05, 4.69) is 39.1 Å². The molecule has 1 saturated heterocycles. The predicted octanol–water partition coefficient (Wildman–Crippen LogP) is 1.97. The molecule has 4 rings (SSSR count). The van der Waals surface area contributed by atoms with Crippen molar-refractivity contribution >= 4 is 18.0 Å². The second-order valence-electron chi connectivity index (χ2n) is 6.72. The number of alkyl halides is 2. The number of aromatic nitrogens is 1. The van der Waals surface area contributed by atoms with Gasteiger partial charge in [0.2, 0.25) is 0 Å². The quantitative estimate of drug-likeness (QED) is 0.784. The molecule has 2 aliphatic heterocycles. The average molecular weight is 356 g/mol. The Morgan fingerprint density at radius 1 is 1.12 bits per heavy atom. The number of piperidine rings is 1. The van der Waals surface area contributed by atoms with Crippen molar-refractivity contribution in [3.63, 3.8) is 0 Å². The van der Waals surface area contributed by atoms with E-state index in [4.69, 9.17) is 0 Å². The van der Waals surface area contributed by atoms with E-state index < -0.39 is 6.43 Å². The average Bonchev–Trinajstić information content (AvgIpc) is 2.69.